The summed E-state index contributed by atoms with van der Waals surface area (Å²) < 4.78 is 5.52. The first-order valence-electron chi connectivity index (χ1n) is 18.5. The summed E-state index contributed by atoms with van der Waals surface area (Å²) in [4.78, 5) is 12.1. The molecule has 0 aliphatic carbocycles. The largest absolute Gasteiger partial charge is 0.466 e. The molecule has 1 N–H and O–H groups in total. The Morgan fingerprint density at radius 1 is 0.475 bits per heavy atom. The van der Waals surface area contributed by atoms with Crippen LogP contribution in [0.3, 0.4) is 0 Å². The normalized spacial score (nSPS) is 12.3. The predicted molar refractivity (Wildman–Crippen MR) is 176 cm³/mol. The molecule has 0 aromatic rings. The van der Waals surface area contributed by atoms with E-state index >= 15 is 0 Å². The van der Waals surface area contributed by atoms with E-state index in [1.165, 1.54) is 154 Å². The van der Waals surface area contributed by atoms with E-state index in [1.807, 2.05) is 0 Å². The van der Waals surface area contributed by atoms with Crippen molar-refractivity contribution in [1.29, 1.82) is 0 Å². The van der Waals surface area contributed by atoms with Gasteiger partial charge in [0.25, 0.3) is 0 Å². The number of aliphatic hydroxyl groups is 1. The molecule has 240 valence electrons. The minimum atomic E-state index is -0.256. The Bertz CT molecular complexity index is 472. The molecule has 0 bridgehead atoms. The Balaban J connectivity index is 3.98. The molecule has 0 spiro atoms. The monoisotopic (exact) mass is 567 g/mol. The van der Waals surface area contributed by atoms with Crippen molar-refractivity contribution in [2.75, 3.05) is 6.61 Å². The maximum absolute atomic E-state index is 12.1. The smallest absolute Gasteiger partial charge is 0.305 e. The average molecular weight is 567 g/mol. The Kier molecular flexibility index (Phi) is 32.5. The van der Waals surface area contributed by atoms with Gasteiger partial charge in [-0.15, -0.1) is 0 Å². The second-order valence-corrected chi connectivity index (χ2v) is 12.9. The van der Waals surface area contributed by atoms with Crippen LogP contribution in [-0.2, 0) is 9.53 Å². The molecule has 0 aromatic heterocycles. The van der Waals surface area contributed by atoms with Gasteiger partial charge in [0.1, 0.15) is 0 Å². The highest BCUT2D eigenvalue weighted by Crippen LogP contribution is 2.24. The van der Waals surface area contributed by atoms with Gasteiger partial charge in [0, 0.05) is 6.42 Å². The molecule has 3 heteroatoms. The number of hydrogen-bond donors (Lipinski definition) is 1. The van der Waals surface area contributed by atoms with E-state index < -0.39 is 0 Å². The lowest BCUT2D eigenvalue weighted by atomic mass is 9.90. The molecule has 0 saturated heterocycles. The number of hydrogen-bond acceptors (Lipinski definition) is 3. The topological polar surface area (TPSA) is 46.5 Å². The van der Waals surface area contributed by atoms with Crippen LogP contribution in [-0.4, -0.2) is 23.8 Å². The standard InChI is InChI=1S/C37H74O3/c1-4-7-10-13-15-17-20-22-28-35(29-23-21-18-16-14-11-8-5-2)30-25-26-34-40-37(39)33-27-32-36(38)31-24-19-12-9-6-3/h35-36,38H,4-34H2,1-3H3. The van der Waals surface area contributed by atoms with Crippen LogP contribution in [0.5, 0.6) is 0 Å². The van der Waals surface area contributed by atoms with Crippen LogP contribution in [0, 0.1) is 5.92 Å². The van der Waals surface area contributed by atoms with E-state index in [1.54, 1.807) is 0 Å². The molecule has 0 amide bonds. The first-order chi connectivity index (χ1) is 19.6. The first kappa shape index (κ1) is 39.4. The van der Waals surface area contributed by atoms with Gasteiger partial charge in [-0.1, -0.05) is 175 Å². The van der Waals surface area contributed by atoms with Gasteiger partial charge in [0.05, 0.1) is 12.7 Å². The maximum atomic E-state index is 12.1. The van der Waals surface area contributed by atoms with Crippen LogP contribution in [0.15, 0.2) is 0 Å². The minimum Gasteiger partial charge on any atom is -0.466 e. The minimum absolute atomic E-state index is 0.0791. The lowest BCUT2D eigenvalue weighted by Crippen LogP contribution is -2.10. The highest BCUT2D eigenvalue weighted by Gasteiger charge is 2.10. The van der Waals surface area contributed by atoms with E-state index in [4.69, 9.17) is 4.74 Å². The summed E-state index contributed by atoms with van der Waals surface area (Å²) in [7, 11) is 0. The number of carbonyl (C=O) groups excluding carboxylic acids is 1. The van der Waals surface area contributed by atoms with Crippen molar-refractivity contribution in [3.05, 3.63) is 0 Å². The number of ether oxygens (including phenoxy) is 1. The molecule has 1 unspecified atom stereocenters. The van der Waals surface area contributed by atoms with E-state index in [0.717, 1.165) is 38.0 Å². The Labute approximate surface area is 252 Å². The zero-order valence-electron chi connectivity index (χ0n) is 27.8. The molecule has 0 fully saturated rings. The molecular weight excluding hydrogens is 492 g/mol. The molecule has 1 atom stereocenters. The van der Waals surface area contributed by atoms with Crippen LogP contribution in [0.25, 0.3) is 0 Å². The number of unbranched alkanes of at least 4 members (excludes halogenated alkanes) is 19. The van der Waals surface area contributed by atoms with Gasteiger partial charge in [0.2, 0.25) is 0 Å². The highest BCUT2D eigenvalue weighted by atomic mass is 16.5. The van der Waals surface area contributed by atoms with E-state index in [9.17, 15) is 9.90 Å². The van der Waals surface area contributed by atoms with Crippen LogP contribution in [0.1, 0.15) is 213 Å². The molecule has 0 aliphatic rings. The second-order valence-electron chi connectivity index (χ2n) is 12.9. The number of esters is 1. The fourth-order valence-electron chi connectivity index (χ4n) is 5.97. The van der Waals surface area contributed by atoms with E-state index in [2.05, 4.69) is 20.8 Å². The second kappa shape index (κ2) is 32.9. The van der Waals surface area contributed by atoms with Gasteiger partial charge in [-0.25, -0.2) is 0 Å². The number of rotatable bonds is 33. The molecule has 0 aromatic carbocycles. The molecule has 0 aliphatic heterocycles. The lowest BCUT2D eigenvalue weighted by Gasteiger charge is -2.17. The fourth-order valence-corrected chi connectivity index (χ4v) is 5.97. The van der Waals surface area contributed by atoms with Crippen LogP contribution < -0.4 is 0 Å². The fraction of sp³-hybridized carbons (Fsp3) is 0.973. The SMILES string of the molecule is CCCCCCCCCCC(CCCCCCCCCC)CCCCOC(=O)CCCC(O)CCCCCCC. The van der Waals surface area contributed by atoms with Gasteiger partial charge >= 0.3 is 5.97 Å². The van der Waals surface area contributed by atoms with Crippen molar-refractivity contribution in [3.8, 4) is 0 Å². The summed E-state index contributed by atoms with van der Waals surface area (Å²) >= 11 is 0. The van der Waals surface area contributed by atoms with Crippen molar-refractivity contribution in [3.63, 3.8) is 0 Å². The third kappa shape index (κ3) is 30.4. The van der Waals surface area contributed by atoms with Crippen molar-refractivity contribution in [2.45, 2.75) is 219 Å². The molecular formula is C37H74O3. The average Bonchev–Trinajstić information content (AvgIpc) is 2.95. The summed E-state index contributed by atoms with van der Waals surface area (Å²) in [5.41, 5.74) is 0. The maximum Gasteiger partial charge on any atom is 0.305 e. The van der Waals surface area contributed by atoms with Crippen molar-refractivity contribution >= 4 is 5.97 Å². The summed E-state index contributed by atoms with van der Waals surface area (Å²) in [6, 6.07) is 0. The lowest BCUT2D eigenvalue weighted by molar-refractivity contribution is -0.144. The van der Waals surface area contributed by atoms with Gasteiger partial charge in [-0.05, 0) is 38.0 Å². The molecule has 0 heterocycles. The van der Waals surface area contributed by atoms with E-state index in [-0.39, 0.29) is 12.1 Å². The van der Waals surface area contributed by atoms with Crippen LogP contribution >= 0.6 is 0 Å². The number of carbonyl (C=O) groups is 1. The zero-order chi connectivity index (χ0) is 29.4. The molecule has 3 nitrogen and oxygen atoms in total. The van der Waals surface area contributed by atoms with Gasteiger partial charge in [0.15, 0.2) is 0 Å². The summed E-state index contributed by atoms with van der Waals surface area (Å²) in [6.45, 7) is 7.38. The van der Waals surface area contributed by atoms with E-state index in [0.29, 0.717) is 13.0 Å². The summed E-state index contributed by atoms with van der Waals surface area (Å²) in [5, 5.41) is 10.1. The number of aliphatic hydroxyl groups excluding tert-OH is 1. The van der Waals surface area contributed by atoms with Crippen molar-refractivity contribution < 1.29 is 14.6 Å². The Morgan fingerprint density at radius 2 is 0.825 bits per heavy atom. The molecule has 0 rings (SSSR count). The highest BCUT2D eigenvalue weighted by molar-refractivity contribution is 5.69. The zero-order valence-corrected chi connectivity index (χ0v) is 27.8. The summed E-state index contributed by atoms with van der Waals surface area (Å²) in [6.07, 6.45) is 37.4. The van der Waals surface area contributed by atoms with Gasteiger partial charge in [-0.3, -0.25) is 4.79 Å². The molecule has 0 saturated carbocycles. The van der Waals surface area contributed by atoms with Crippen molar-refractivity contribution in [1.82, 2.24) is 0 Å². The van der Waals surface area contributed by atoms with Gasteiger partial charge in [-0.2, -0.15) is 0 Å². The third-order valence-electron chi connectivity index (χ3n) is 8.76. The predicted octanol–water partition coefficient (Wildman–Crippen LogP) is 12.3. The van der Waals surface area contributed by atoms with Gasteiger partial charge < -0.3 is 9.84 Å². The van der Waals surface area contributed by atoms with Crippen LogP contribution in [0.4, 0.5) is 0 Å². The Hall–Kier alpha value is -0.570. The molecule has 40 heavy (non-hydrogen) atoms. The third-order valence-corrected chi connectivity index (χ3v) is 8.76. The van der Waals surface area contributed by atoms with Crippen molar-refractivity contribution in [2.24, 2.45) is 5.92 Å². The summed E-state index contributed by atoms with van der Waals surface area (Å²) in [5.74, 6) is 0.781. The Morgan fingerprint density at radius 3 is 1.27 bits per heavy atom. The van der Waals surface area contributed by atoms with Crippen LogP contribution in [0.2, 0.25) is 0 Å². The molecule has 0 radical (unpaired) electrons. The quantitative estimate of drug-likeness (QED) is 0.0634. The first-order valence-corrected chi connectivity index (χ1v) is 18.5.